The molecule has 272 valence electrons. The largest absolute Gasteiger partial charge is 0.391 e. The summed E-state index contributed by atoms with van der Waals surface area (Å²) >= 11 is 0. The van der Waals surface area contributed by atoms with Gasteiger partial charge in [0, 0.05) is 6.42 Å². The van der Waals surface area contributed by atoms with E-state index in [0.717, 1.165) is 83.5 Å². The minimum atomic E-state index is -4.31. The van der Waals surface area contributed by atoms with Crippen molar-refractivity contribution in [3.63, 3.8) is 0 Å². The van der Waals surface area contributed by atoms with E-state index in [1.807, 2.05) is 0 Å². The van der Waals surface area contributed by atoms with Crippen LogP contribution in [0.5, 0.6) is 0 Å². The van der Waals surface area contributed by atoms with E-state index >= 15 is 0 Å². The summed E-state index contributed by atoms with van der Waals surface area (Å²) in [7, 11) is -4.31. The smallest absolute Gasteiger partial charge is 0.266 e. The van der Waals surface area contributed by atoms with E-state index in [9.17, 15) is 22.9 Å². The molecule has 3 N–H and O–H groups in total. The van der Waals surface area contributed by atoms with Gasteiger partial charge in [-0.2, -0.15) is 8.42 Å². The van der Waals surface area contributed by atoms with Gasteiger partial charge in [-0.25, -0.2) is 0 Å². The SMILES string of the molecule is CC/C=C\C/C=C\C/C=C\C/C=C\C/C=C\CCCCCCCCCC(=O)NC(CS(=O)(=O)O)C(O)CCCCCCCCCCC. The van der Waals surface area contributed by atoms with Crippen LogP contribution in [0.4, 0.5) is 0 Å². The highest BCUT2D eigenvalue weighted by Gasteiger charge is 2.26. The topological polar surface area (TPSA) is 104 Å². The van der Waals surface area contributed by atoms with Gasteiger partial charge in [-0.1, -0.05) is 164 Å². The van der Waals surface area contributed by atoms with Crippen molar-refractivity contribution in [3.8, 4) is 0 Å². The first-order valence-corrected chi connectivity index (χ1v) is 20.6. The number of rotatable bonds is 33. The van der Waals surface area contributed by atoms with Gasteiger partial charge in [0.15, 0.2) is 0 Å². The van der Waals surface area contributed by atoms with Gasteiger partial charge in [0.1, 0.15) is 0 Å². The molecular formula is C40H71NO5S. The van der Waals surface area contributed by atoms with Crippen LogP contribution in [0, 0.1) is 0 Å². The summed E-state index contributed by atoms with van der Waals surface area (Å²) in [4.78, 5) is 12.5. The predicted octanol–water partition coefficient (Wildman–Crippen LogP) is 10.9. The normalized spacial score (nSPS) is 14.0. The van der Waals surface area contributed by atoms with Crippen LogP contribution in [0.2, 0.25) is 0 Å². The zero-order valence-electron chi connectivity index (χ0n) is 30.1. The molecule has 0 heterocycles. The number of amides is 1. The Balaban J connectivity index is 3.88. The molecule has 0 aromatic carbocycles. The monoisotopic (exact) mass is 678 g/mol. The second kappa shape index (κ2) is 33.9. The van der Waals surface area contributed by atoms with Gasteiger partial charge in [-0.15, -0.1) is 0 Å². The number of unbranched alkanes of at least 4 members (excludes halogenated alkanes) is 15. The maximum atomic E-state index is 12.5. The van der Waals surface area contributed by atoms with E-state index in [2.05, 4.69) is 79.9 Å². The first-order chi connectivity index (χ1) is 22.8. The number of nitrogens with one attached hydrogen (secondary N) is 1. The maximum Gasteiger partial charge on any atom is 0.266 e. The highest BCUT2D eigenvalue weighted by molar-refractivity contribution is 7.85. The Kier molecular flexibility index (Phi) is 32.5. The van der Waals surface area contributed by atoms with Crippen molar-refractivity contribution in [2.45, 2.75) is 180 Å². The van der Waals surface area contributed by atoms with E-state index in [4.69, 9.17) is 0 Å². The number of hydrogen-bond donors (Lipinski definition) is 3. The average Bonchev–Trinajstić information content (AvgIpc) is 3.03. The predicted molar refractivity (Wildman–Crippen MR) is 202 cm³/mol. The Morgan fingerprint density at radius 2 is 1.02 bits per heavy atom. The number of allylic oxidation sites excluding steroid dienone is 10. The molecule has 0 spiro atoms. The lowest BCUT2D eigenvalue weighted by Gasteiger charge is -2.23. The van der Waals surface area contributed by atoms with Crippen molar-refractivity contribution < 1.29 is 22.9 Å². The molecule has 6 nitrogen and oxygen atoms in total. The molecular weight excluding hydrogens is 607 g/mol. The molecule has 2 atom stereocenters. The summed E-state index contributed by atoms with van der Waals surface area (Å²) in [5.74, 6) is -0.918. The molecule has 0 rings (SSSR count). The summed E-state index contributed by atoms with van der Waals surface area (Å²) in [5, 5.41) is 13.2. The first-order valence-electron chi connectivity index (χ1n) is 19.0. The highest BCUT2D eigenvalue weighted by Crippen LogP contribution is 2.14. The van der Waals surface area contributed by atoms with Crippen LogP contribution in [0.25, 0.3) is 0 Å². The van der Waals surface area contributed by atoms with Crippen molar-refractivity contribution in [2.75, 3.05) is 5.75 Å². The zero-order chi connectivity index (χ0) is 34.7. The van der Waals surface area contributed by atoms with Gasteiger partial charge in [0.25, 0.3) is 10.1 Å². The summed E-state index contributed by atoms with van der Waals surface area (Å²) < 4.78 is 32.3. The molecule has 47 heavy (non-hydrogen) atoms. The summed E-state index contributed by atoms with van der Waals surface area (Å²) in [6, 6.07) is -0.977. The molecule has 0 aromatic rings. The van der Waals surface area contributed by atoms with E-state index < -0.39 is 28.0 Å². The number of aliphatic hydroxyl groups excluding tert-OH is 1. The fourth-order valence-electron chi connectivity index (χ4n) is 5.42. The first kappa shape index (κ1) is 45.0. The van der Waals surface area contributed by atoms with Crippen molar-refractivity contribution >= 4 is 16.0 Å². The standard InChI is InChI=1S/C40H71NO5S/c1-3-5-7-9-11-13-14-15-16-17-18-19-20-21-22-23-24-25-26-28-30-32-34-36-40(43)41-38(37-47(44,45)46)39(42)35-33-31-29-27-12-10-8-6-4-2/h5,7,11,13,15-16,18-19,21-22,38-39,42H,3-4,6,8-10,12,14,17,20,23-37H2,1-2H3,(H,41,43)(H,44,45,46)/b7-5-,13-11-,16-15-,19-18-,22-21-. The van der Waals surface area contributed by atoms with Crippen LogP contribution < -0.4 is 5.32 Å². The molecule has 0 aromatic heterocycles. The lowest BCUT2D eigenvalue weighted by molar-refractivity contribution is -0.122. The second-order valence-electron chi connectivity index (χ2n) is 12.8. The fourth-order valence-corrected chi connectivity index (χ4v) is 6.18. The van der Waals surface area contributed by atoms with E-state index in [1.165, 1.54) is 57.8 Å². The van der Waals surface area contributed by atoms with E-state index in [1.54, 1.807) is 0 Å². The van der Waals surface area contributed by atoms with Crippen LogP contribution in [0.15, 0.2) is 60.8 Å². The molecule has 7 heteroatoms. The lowest BCUT2D eigenvalue weighted by atomic mass is 10.0. The van der Waals surface area contributed by atoms with Crippen molar-refractivity contribution in [1.29, 1.82) is 0 Å². The third-order valence-corrected chi connectivity index (χ3v) is 9.02. The minimum Gasteiger partial charge on any atom is -0.391 e. The molecule has 0 aliphatic heterocycles. The molecule has 0 aliphatic rings. The van der Waals surface area contributed by atoms with Gasteiger partial charge >= 0.3 is 0 Å². The third kappa shape index (κ3) is 35.2. The zero-order valence-corrected chi connectivity index (χ0v) is 30.9. The van der Waals surface area contributed by atoms with Crippen LogP contribution in [-0.2, 0) is 14.9 Å². The molecule has 0 radical (unpaired) electrons. The van der Waals surface area contributed by atoms with Gasteiger partial charge < -0.3 is 10.4 Å². The second-order valence-corrected chi connectivity index (χ2v) is 14.3. The quantitative estimate of drug-likeness (QED) is 0.0364. The van der Waals surface area contributed by atoms with Gasteiger partial charge in [0.2, 0.25) is 5.91 Å². The van der Waals surface area contributed by atoms with E-state index in [0.29, 0.717) is 12.8 Å². The van der Waals surface area contributed by atoms with E-state index in [-0.39, 0.29) is 5.91 Å². The Morgan fingerprint density at radius 1 is 0.596 bits per heavy atom. The Morgan fingerprint density at radius 3 is 1.51 bits per heavy atom. The van der Waals surface area contributed by atoms with Gasteiger partial charge in [-0.05, 0) is 57.8 Å². The molecule has 2 unspecified atom stereocenters. The Bertz CT molecular complexity index is 967. The number of hydrogen-bond acceptors (Lipinski definition) is 4. The Hall–Kier alpha value is -1.96. The lowest BCUT2D eigenvalue weighted by Crippen LogP contribution is -2.47. The molecule has 0 saturated heterocycles. The van der Waals surface area contributed by atoms with Crippen LogP contribution in [-0.4, -0.2) is 41.9 Å². The van der Waals surface area contributed by atoms with Gasteiger partial charge in [0.05, 0.1) is 17.9 Å². The number of aliphatic hydroxyl groups is 1. The Labute approximate surface area is 290 Å². The fraction of sp³-hybridized carbons (Fsp3) is 0.725. The molecule has 0 bridgehead atoms. The maximum absolute atomic E-state index is 12.5. The third-order valence-electron chi connectivity index (χ3n) is 8.24. The van der Waals surface area contributed by atoms with Crippen LogP contribution in [0.3, 0.4) is 0 Å². The van der Waals surface area contributed by atoms with Gasteiger partial charge in [-0.3, -0.25) is 9.35 Å². The summed E-state index contributed by atoms with van der Waals surface area (Å²) in [5.41, 5.74) is 0. The van der Waals surface area contributed by atoms with Crippen LogP contribution >= 0.6 is 0 Å². The number of carbonyl (C=O) groups excluding carboxylic acids is 1. The number of carbonyl (C=O) groups is 1. The van der Waals surface area contributed by atoms with Crippen LogP contribution in [0.1, 0.15) is 168 Å². The molecule has 0 saturated carbocycles. The summed E-state index contributed by atoms with van der Waals surface area (Å²) in [6.45, 7) is 4.36. The molecule has 1 amide bonds. The van der Waals surface area contributed by atoms with Crippen molar-refractivity contribution in [1.82, 2.24) is 5.32 Å². The van der Waals surface area contributed by atoms with Crippen molar-refractivity contribution in [3.05, 3.63) is 60.8 Å². The highest BCUT2D eigenvalue weighted by atomic mass is 32.2. The average molecular weight is 678 g/mol. The van der Waals surface area contributed by atoms with Crippen molar-refractivity contribution in [2.24, 2.45) is 0 Å². The summed E-state index contributed by atoms with van der Waals surface area (Å²) in [6.07, 6.45) is 46.0. The molecule has 0 fully saturated rings. The minimum absolute atomic E-state index is 0.262. The molecule has 0 aliphatic carbocycles.